The molecule has 0 bridgehead atoms. The molecule has 0 aliphatic carbocycles. The monoisotopic (exact) mass is 375 g/mol. The number of H-pyrrole nitrogens is 1. The van der Waals surface area contributed by atoms with E-state index in [2.05, 4.69) is 10.3 Å². The van der Waals surface area contributed by atoms with Crippen LogP contribution < -0.4 is 15.8 Å². The predicted octanol–water partition coefficient (Wildman–Crippen LogP) is 2.51. The first kappa shape index (κ1) is 18.0. The Morgan fingerprint density at radius 2 is 1.93 bits per heavy atom. The maximum atomic E-state index is 12.6. The molecule has 28 heavy (non-hydrogen) atoms. The largest absolute Gasteiger partial charge is 0.352 e. The zero-order chi connectivity index (χ0) is 19.7. The molecule has 2 aromatic carbocycles. The summed E-state index contributed by atoms with van der Waals surface area (Å²) in [7, 11) is 0. The number of nitrogens with zero attached hydrogens (tertiary/aromatic N) is 1. The van der Waals surface area contributed by atoms with Crippen molar-refractivity contribution < 1.29 is 9.59 Å². The molecule has 1 aliphatic heterocycles. The Kier molecular flexibility index (Phi) is 4.69. The normalized spacial score (nSPS) is 16.5. The highest BCUT2D eigenvalue weighted by Gasteiger charge is 2.34. The van der Waals surface area contributed by atoms with Crippen molar-refractivity contribution in [1.82, 2.24) is 10.3 Å². The van der Waals surface area contributed by atoms with Gasteiger partial charge in [0.05, 0.1) is 5.92 Å². The molecule has 1 aliphatic rings. The molecule has 6 nitrogen and oxygen atoms in total. The minimum absolute atomic E-state index is 0.0645. The van der Waals surface area contributed by atoms with E-state index < -0.39 is 5.92 Å². The number of hydrogen-bond donors (Lipinski definition) is 2. The molecule has 0 saturated carbocycles. The zero-order valence-corrected chi connectivity index (χ0v) is 15.6. The van der Waals surface area contributed by atoms with Gasteiger partial charge < -0.3 is 15.2 Å². The van der Waals surface area contributed by atoms with E-state index in [1.807, 2.05) is 55.5 Å². The van der Waals surface area contributed by atoms with E-state index in [0.29, 0.717) is 12.1 Å². The van der Waals surface area contributed by atoms with Crippen molar-refractivity contribution in [2.45, 2.75) is 19.9 Å². The number of para-hydroxylation sites is 1. The van der Waals surface area contributed by atoms with Crippen LogP contribution in [0.3, 0.4) is 0 Å². The molecule has 1 fully saturated rings. The van der Waals surface area contributed by atoms with Gasteiger partial charge >= 0.3 is 0 Å². The van der Waals surface area contributed by atoms with Gasteiger partial charge in [-0.25, -0.2) is 0 Å². The average Bonchev–Trinajstić information content (AvgIpc) is 3.09. The molecule has 142 valence electrons. The lowest BCUT2D eigenvalue weighted by Crippen LogP contribution is -2.34. The summed E-state index contributed by atoms with van der Waals surface area (Å²) in [6, 6.07) is 16.9. The number of anilines is 1. The van der Waals surface area contributed by atoms with Crippen molar-refractivity contribution in [2.75, 3.05) is 11.4 Å². The fourth-order valence-corrected chi connectivity index (χ4v) is 3.57. The highest BCUT2D eigenvalue weighted by Crippen LogP contribution is 2.25. The number of nitrogens with one attached hydrogen (secondary N) is 2. The Bertz CT molecular complexity index is 1100. The molecule has 6 heteroatoms. The SMILES string of the molecule is Cc1ccc2[nH]c(=O)c(CNC(=O)C3CC(=O)N(c4ccccc4)C3)cc2c1. The van der Waals surface area contributed by atoms with Gasteiger partial charge in [0.25, 0.3) is 5.56 Å². The number of aromatic nitrogens is 1. The fourth-order valence-electron chi connectivity index (χ4n) is 3.57. The standard InChI is InChI=1S/C22H21N3O3/c1-14-7-8-19-15(9-14)10-16(22(28)24-19)12-23-21(27)17-11-20(26)25(13-17)18-5-3-2-4-6-18/h2-10,17H,11-13H2,1H3,(H,23,27)(H,24,28). The molecular formula is C22H21N3O3. The topological polar surface area (TPSA) is 82.3 Å². The molecule has 2 N–H and O–H groups in total. The van der Waals surface area contributed by atoms with Gasteiger partial charge in [0.1, 0.15) is 0 Å². The number of carbonyl (C=O) groups excluding carboxylic acids is 2. The van der Waals surface area contributed by atoms with Crippen LogP contribution in [-0.4, -0.2) is 23.3 Å². The number of benzene rings is 2. The Labute approximate surface area is 162 Å². The van der Waals surface area contributed by atoms with E-state index in [9.17, 15) is 14.4 Å². The van der Waals surface area contributed by atoms with Crippen LogP contribution in [0.15, 0.2) is 59.4 Å². The van der Waals surface area contributed by atoms with Gasteiger partial charge in [0.2, 0.25) is 11.8 Å². The second-order valence-corrected chi connectivity index (χ2v) is 7.17. The number of aryl methyl sites for hydroxylation is 1. The Hall–Kier alpha value is -3.41. The van der Waals surface area contributed by atoms with E-state index in [0.717, 1.165) is 22.2 Å². The van der Waals surface area contributed by atoms with Gasteiger partial charge in [0, 0.05) is 36.3 Å². The highest BCUT2D eigenvalue weighted by atomic mass is 16.2. The lowest BCUT2D eigenvalue weighted by molar-refractivity contribution is -0.126. The lowest BCUT2D eigenvalue weighted by atomic mass is 10.1. The summed E-state index contributed by atoms with van der Waals surface area (Å²) in [5.41, 5.74) is 2.94. The lowest BCUT2D eigenvalue weighted by Gasteiger charge is -2.16. The molecular weight excluding hydrogens is 354 g/mol. The van der Waals surface area contributed by atoms with Gasteiger partial charge in [-0.1, -0.05) is 29.8 Å². The third-order valence-corrected chi connectivity index (χ3v) is 5.09. The molecule has 4 rings (SSSR count). The van der Waals surface area contributed by atoms with Crippen LogP contribution in [0.2, 0.25) is 0 Å². The Morgan fingerprint density at radius 1 is 1.14 bits per heavy atom. The smallest absolute Gasteiger partial charge is 0.253 e. The minimum atomic E-state index is -0.422. The van der Waals surface area contributed by atoms with Crippen LogP contribution in [0.1, 0.15) is 17.5 Å². The van der Waals surface area contributed by atoms with Crippen LogP contribution in [0, 0.1) is 12.8 Å². The number of fused-ring (bicyclic) bond motifs is 1. The number of amides is 2. The molecule has 1 saturated heterocycles. The first-order valence-electron chi connectivity index (χ1n) is 9.27. The molecule has 2 heterocycles. The Balaban J connectivity index is 1.45. The molecule has 1 aromatic heterocycles. The number of aromatic amines is 1. The molecule has 3 aromatic rings. The molecule has 2 amide bonds. The maximum Gasteiger partial charge on any atom is 0.253 e. The van der Waals surface area contributed by atoms with Gasteiger partial charge in [0.15, 0.2) is 0 Å². The van der Waals surface area contributed by atoms with Crippen molar-refractivity contribution in [3.63, 3.8) is 0 Å². The predicted molar refractivity (Wildman–Crippen MR) is 108 cm³/mol. The van der Waals surface area contributed by atoms with Crippen LogP contribution in [0.5, 0.6) is 0 Å². The zero-order valence-electron chi connectivity index (χ0n) is 15.6. The minimum Gasteiger partial charge on any atom is -0.352 e. The van der Waals surface area contributed by atoms with Crippen molar-refractivity contribution in [2.24, 2.45) is 5.92 Å². The summed E-state index contributed by atoms with van der Waals surface area (Å²) in [6.45, 7) is 2.47. The summed E-state index contributed by atoms with van der Waals surface area (Å²) in [6.07, 6.45) is 0.175. The van der Waals surface area contributed by atoms with E-state index in [-0.39, 0.29) is 30.3 Å². The molecule has 0 spiro atoms. The van der Waals surface area contributed by atoms with Crippen molar-refractivity contribution in [1.29, 1.82) is 0 Å². The summed E-state index contributed by atoms with van der Waals surface area (Å²) in [5.74, 6) is -0.699. The van der Waals surface area contributed by atoms with E-state index >= 15 is 0 Å². The molecule has 1 unspecified atom stereocenters. The van der Waals surface area contributed by atoms with Gasteiger partial charge in [-0.3, -0.25) is 14.4 Å². The Morgan fingerprint density at radius 3 is 2.71 bits per heavy atom. The number of hydrogen-bond acceptors (Lipinski definition) is 3. The first-order valence-corrected chi connectivity index (χ1v) is 9.27. The number of rotatable bonds is 4. The fraction of sp³-hybridized carbons (Fsp3) is 0.227. The number of carbonyl (C=O) groups is 2. The number of pyridine rings is 1. The quantitative estimate of drug-likeness (QED) is 0.735. The summed E-state index contributed by atoms with van der Waals surface area (Å²) in [5, 5.41) is 3.74. The average molecular weight is 375 g/mol. The van der Waals surface area contributed by atoms with Gasteiger partial charge in [-0.2, -0.15) is 0 Å². The van der Waals surface area contributed by atoms with Crippen LogP contribution >= 0.6 is 0 Å². The van der Waals surface area contributed by atoms with Crippen LogP contribution in [0.4, 0.5) is 5.69 Å². The van der Waals surface area contributed by atoms with Gasteiger partial charge in [-0.05, 0) is 42.6 Å². The third kappa shape index (κ3) is 3.53. The van der Waals surface area contributed by atoms with Crippen LogP contribution in [-0.2, 0) is 16.1 Å². The van der Waals surface area contributed by atoms with E-state index in [4.69, 9.17) is 0 Å². The summed E-state index contributed by atoms with van der Waals surface area (Å²) in [4.78, 5) is 41.6. The summed E-state index contributed by atoms with van der Waals surface area (Å²) < 4.78 is 0. The highest BCUT2D eigenvalue weighted by molar-refractivity contribution is 6.00. The molecule has 0 radical (unpaired) electrons. The third-order valence-electron chi connectivity index (χ3n) is 5.09. The van der Waals surface area contributed by atoms with E-state index in [1.54, 1.807) is 11.0 Å². The maximum absolute atomic E-state index is 12.6. The van der Waals surface area contributed by atoms with Crippen molar-refractivity contribution in [3.8, 4) is 0 Å². The van der Waals surface area contributed by atoms with Crippen LogP contribution in [0.25, 0.3) is 10.9 Å². The first-order chi connectivity index (χ1) is 13.5. The van der Waals surface area contributed by atoms with Gasteiger partial charge in [-0.15, -0.1) is 0 Å². The summed E-state index contributed by atoms with van der Waals surface area (Å²) >= 11 is 0. The van der Waals surface area contributed by atoms with Crippen molar-refractivity contribution >= 4 is 28.4 Å². The van der Waals surface area contributed by atoms with E-state index in [1.165, 1.54) is 0 Å². The van der Waals surface area contributed by atoms with Crippen molar-refractivity contribution in [3.05, 3.63) is 76.1 Å². The second kappa shape index (κ2) is 7.31. The molecule has 1 atom stereocenters. The second-order valence-electron chi connectivity index (χ2n) is 7.17.